The molecule has 0 saturated carbocycles. The molecule has 0 bridgehead atoms. The Morgan fingerprint density at radius 3 is 2.60 bits per heavy atom. The van der Waals surface area contributed by atoms with Gasteiger partial charge in [-0.2, -0.15) is 13.2 Å². The molecule has 3 aliphatic heterocycles. The van der Waals surface area contributed by atoms with Gasteiger partial charge in [0.2, 0.25) is 0 Å². The van der Waals surface area contributed by atoms with Crippen LogP contribution in [0.2, 0.25) is 0 Å². The largest absolute Gasteiger partial charge is 0.497 e. The molecule has 8 heteroatoms. The molecule has 0 atom stereocenters. The van der Waals surface area contributed by atoms with E-state index in [1.807, 2.05) is 24.3 Å². The molecule has 1 saturated heterocycles. The molecule has 1 fully saturated rings. The third-order valence-electron chi connectivity index (χ3n) is 5.67. The van der Waals surface area contributed by atoms with Crippen LogP contribution < -0.4 is 4.74 Å². The van der Waals surface area contributed by atoms with Crippen molar-refractivity contribution in [2.45, 2.75) is 37.7 Å². The summed E-state index contributed by atoms with van der Waals surface area (Å²) in [4.78, 5) is 6.03. The Labute approximate surface area is 173 Å². The second-order valence-corrected chi connectivity index (χ2v) is 7.91. The number of piperidine rings is 1. The van der Waals surface area contributed by atoms with Crippen LogP contribution >= 0.6 is 0 Å². The Bertz CT molecular complexity index is 978. The number of rotatable bonds is 5. The minimum absolute atomic E-state index is 0.214. The number of hydrogen-bond acceptors (Lipinski definition) is 4. The van der Waals surface area contributed by atoms with Crippen LogP contribution in [0.15, 0.2) is 48.7 Å². The highest BCUT2D eigenvalue weighted by Crippen LogP contribution is 2.35. The molecule has 160 valence electrons. The number of fused-ring (bicyclic) bond motifs is 1. The highest BCUT2D eigenvalue weighted by molar-refractivity contribution is 5.59. The molecule has 30 heavy (non-hydrogen) atoms. The maximum Gasteiger partial charge on any atom is 0.433 e. The fourth-order valence-corrected chi connectivity index (χ4v) is 4.00. The first-order valence-electron chi connectivity index (χ1n) is 9.87. The van der Waals surface area contributed by atoms with Crippen molar-refractivity contribution < 1.29 is 23.0 Å². The van der Waals surface area contributed by atoms with Crippen molar-refractivity contribution in [3.05, 3.63) is 59.9 Å². The molecule has 0 aromatic heterocycles. The summed E-state index contributed by atoms with van der Waals surface area (Å²) in [6.45, 7) is 2.37. The quantitative estimate of drug-likeness (QED) is 0.678. The van der Waals surface area contributed by atoms with Gasteiger partial charge in [0.05, 0.1) is 19.3 Å². The Kier molecular flexibility index (Phi) is 5.46. The Morgan fingerprint density at radius 2 is 1.90 bits per heavy atom. The van der Waals surface area contributed by atoms with Crippen LogP contribution in [0.5, 0.6) is 5.75 Å². The lowest BCUT2D eigenvalue weighted by Gasteiger charge is -2.39. The maximum atomic E-state index is 13.0. The van der Waals surface area contributed by atoms with Gasteiger partial charge in [-0.15, -0.1) is 0 Å². The molecule has 0 radical (unpaired) electrons. The number of hydrogen-bond donors (Lipinski definition) is 1. The first kappa shape index (κ1) is 20.7. The van der Waals surface area contributed by atoms with Crippen LogP contribution in [-0.4, -0.2) is 45.4 Å². The number of benzene rings is 1. The van der Waals surface area contributed by atoms with E-state index in [9.17, 15) is 18.3 Å². The molecular weight excluding hydrogens is 395 g/mol. The van der Waals surface area contributed by atoms with Gasteiger partial charge in [-0.05, 0) is 48.7 Å². The number of pyridine rings is 1. The van der Waals surface area contributed by atoms with E-state index in [1.54, 1.807) is 30.0 Å². The van der Waals surface area contributed by atoms with Gasteiger partial charge in [-0.1, -0.05) is 12.1 Å². The van der Waals surface area contributed by atoms with E-state index in [-0.39, 0.29) is 12.4 Å². The number of likely N-dealkylation sites (tertiary alicyclic amines) is 1. The highest BCUT2D eigenvalue weighted by Gasteiger charge is 2.37. The second kappa shape index (κ2) is 7.92. The molecule has 0 aliphatic carbocycles. The Hall–Kier alpha value is -2.58. The van der Waals surface area contributed by atoms with E-state index < -0.39 is 17.5 Å². The fourth-order valence-electron chi connectivity index (χ4n) is 4.00. The van der Waals surface area contributed by atoms with Gasteiger partial charge in [0.25, 0.3) is 0 Å². The summed E-state index contributed by atoms with van der Waals surface area (Å²) in [5, 5.41) is 11.1. The number of nitrogens with zero attached hydrogens (tertiary/aromatic N) is 3. The monoisotopic (exact) mass is 419 g/mol. The van der Waals surface area contributed by atoms with Gasteiger partial charge in [0, 0.05) is 31.4 Å². The van der Waals surface area contributed by atoms with Gasteiger partial charge in [-0.25, -0.2) is 4.98 Å². The van der Waals surface area contributed by atoms with Crippen molar-refractivity contribution in [2.75, 3.05) is 20.2 Å². The third kappa shape index (κ3) is 4.44. The highest BCUT2D eigenvalue weighted by atomic mass is 19.4. The number of methoxy groups -OCH3 is 1. The van der Waals surface area contributed by atoms with E-state index in [2.05, 4.69) is 9.88 Å². The standard InChI is InChI=1S/C22H24F3N3O2/c1-30-18-6-2-4-16(12-18)14-27-10-7-21(29,8-11-27)15-28-9-3-5-17-13-19(22(23,24)25)26-20(17)28/h2-6,9,12-13,29H,7-8,10-11,14-15H2,1H3. The minimum atomic E-state index is -4.49. The molecule has 0 unspecified atom stereocenters. The van der Waals surface area contributed by atoms with E-state index in [0.717, 1.165) is 23.9 Å². The van der Waals surface area contributed by atoms with Crippen LogP contribution in [0.25, 0.3) is 11.4 Å². The van der Waals surface area contributed by atoms with E-state index in [0.29, 0.717) is 31.5 Å². The average Bonchev–Trinajstić information content (AvgIpc) is 3.16. The number of aliphatic hydroxyl groups is 1. The van der Waals surface area contributed by atoms with Gasteiger partial charge >= 0.3 is 6.18 Å². The van der Waals surface area contributed by atoms with Crippen molar-refractivity contribution in [1.29, 1.82) is 0 Å². The van der Waals surface area contributed by atoms with Gasteiger partial charge in [0.15, 0.2) is 0 Å². The van der Waals surface area contributed by atoms with Crippen LogP contribution in [0.4, 0.5) is 13.2 Å². The zero-order valence-corrected chi connectivity index (χ0v) is 16.7. The normalized spacial score (nSPS) is 17.4. The molecule has 3 aliphatic rings. The number of alkyl halides is 3. The van der Waals surface area contributed by atoms with Crippen molar-refractivity contribution in [3.8, 4) is 17.1 Å². The lowest BCUT2D eigenvalue weighted by molar-refractivity contribution is -0.140. The SMILES string of the molecule is COc1cccc(CN2CCC(O)(Cn3cccc4cc(C(F)(F)F)nc3-4)CC2)c1. The molecule has 1 N–H and O–H groups in total. The zero-order chi connectivity index (χ0) is 21.4. The van der Waals surface area contributed by atoms with Crippen LogP contribution in [0.3, 0.4) is 0 Å². The van der Waals surface area contributed by atoms with E-state index >= 15 is 0 Å². The minimum Gasteiger partial charge on any atom is -0.497 e. The smallest absolute Gasteiger partial charge is 0.433 e. The molecule has 4 rings (SSSR count). The van der Waals surface area contributed by atoms with Gasteiger partial charge < -0.3 is 14.4 Å². The first-order valence-corrected chi connectivity index (χ1v) is 9.87. The predicted molar refractivity (Wildman–Crippen MR) is 106 cm³/mol. The summed E-state index contributed by atoms with van der Waals surface area (Å²) in [6.07, 6.45) is -1.74. The number of halogens is 3. The number of aromatic nitrogens is 2. The summed E-state index contributed by atoms with van der Waals surface area (Å²) in [5.74, 6) is 1.06. The van der Waals surface area contributed by atoms with Gasteiger partial charge in [0.1, 0.15) is 17.3 Å². The van der Waals surface area contributed by atoms with Crippen LogP contribution in [0.1, 0.15) is 24.1 Å². The fraction of sp³-hybridized carbons (Fsp3) is 0.409. The summed E-state index contributed by atoms with van der Waals surface area (Å²) in [5.41, 5.74) is -0.331. The molecule has 5 nitrogen and oxygen atoms in total. The molecule has 0 amide bonds. The van der Waals surface area contributed by atoms with E-state index in [1.165, 1.54) is 0 Å². The van der Waals surface area contributed by atoms with Crippen LogP contribution in [-0.2, 0) is 19.3 Å². The Morgan fingerprint density at radius 1 is 1.13 bits per heavy atom. The maximum absolute atomic E-state index is 13.0. The van der Waals surface area contributed by atoms with Crippen molar-refractivity contribution >= 4 is 0 Å². The van der Waals surface area contributed by atoms with Crippen molar-refractivity contribution in [3.63, 3.8) is 0 Å². The molecule has 3 heterocycles. The lowest BCUT2D eigenvalue weighted by atomic mass is 9.90. The Balaban J connectivity index is 1.43. The summed E-state index contributed by atoms with van der Waals surface area (Å²) in [6, 6.07) is 12.2. The summed E-state index contributed by atoms with van der Waals surface area (Å²) < 4.78 is 46.0. The molecule has 1 aromatic carbocycles. The van der Waals surface area contributed by atoms with Crippen LogP contribution in [0, 0.1) is 0 Å². The van der Waals surface area contributed by atoms with E-state index in [4.69, 9.17) is 4.74 Å². The van der Waals surface area contributed by atoms with Crippen molar-refractivity contribution in [1.82, 2.24) is 14.5 Å². The zero-order valence-electron chi connectivity index (χ0n) is 16.7. The molecule has 0 spiro atoms. The summed E-state index contributed by atoms with van der Waals surface area (Å²) in [7, 11) is 1.64. The first-order chi connectivity index (χ1) is 14.3. The predicted octanol–water partition coefficient (Wildman–Crippen LogP) is 4.04. The van der Waals surface area contributed by atoms with Gasteiger partial charge in [-0.3, -0.25) is 4.90 Å². The molecule has 1 aromatic rings. The average molecular weight is 419 g/mol. The second-order valence-electron chi connectivity index (χ2n) is 7.91. The lowest BCUT2D eigenvalue weighted by Crippen LogP contribution is -2.46. The topological polar surface area (TPSA) is 50.5 Å². The summed E-state index contributed by atoms with van der Waals surface area (Å²) >= 11 is 0. The van der Waals surface area contributed by atoms with Crippen molar-refractivity contribution in [2.24, 2.45) is 0 Å². The third-order valence-corrected chi connectivity index (χ3v) is 5.67. The number of ether oxygens (including phenoxy) is 1. The molecular formula is C22H24F3N3O2.